The molecule has 0 amide bonds. The minimum atomic E-state index is -3.82. The zero-order valence-corrected chi connectivity index (χ0v) is 12.5. The lowest BCUT2D eigenvalue weighted by Crippen LogP contribution is -2.15. The number of halogens is 1. The van der Waals surface area contributed by atoms with Crippen molar-refractivity contribution in [1.82, 2.24) is 0 Å². The molecule has 0 fully saturated rings. The maximum atomic E-state index is 12.2. The number of nitrogens with one attached hydrogen (secondary N) is 1. The summed E-state index contributed by atoms with van der Waals surface area (Å²) < 4.78 is 27.4. The fraction of sp³-hybridized carbons (Fsp3) is 0. The van der Waals surface area contributed by atoms with Crippen LogP contribution in [-0.2, 0) is 10.0 Å². The largest absolute Gasteiger partial charge is 0.478 e. The third kappa shape index (κ3) is 3.17. The van der Waals surface area contributed by atoms with Crippen LogP contribution in [0.2, 0.25) is 0 Å². The molecular formula is C13H10BrNO4S. The Balaban J connectivity index is 2.38. The Morgan fingerprint density at radius 3 is 2.25 bits per heavy atom. The first-order valence-electron chi connectivity index (χ1n) is 5.51. The normalized spacial score (nSPS) is 11.1. The average Bonchev–Trinajstić information content (AvgIpc) is 2.39. The van der Waals surface area contributed by atoms with Gasteiger partial charge in [-0.1, -0.05) is 28.1 Å². The van der Waals surface area contributed by atoms with Crippen molar-refractivity contribution in [2.24, 2.45) is 0 Å². The molecule has 2 aromatic rings. The van der Waals surface area contributed by atoms with E-state index in [1.807, 2.05) is 0 Å². The van der Waals surface area contributed by atoms with Crippen molar-refractivity contribution in [3.8, 4) is 0 Å². The van der Waals surface area contributed by atoms with E-state index in [-0.39, 0.29) is 16.1 Å². The monoisotopic (exact) mass is 355 g/mol. The van der Waals surface area contributed by atoms with E-state index >= 15 is 0 Å². The van der Waals surface area contributed by atoms with Crippen LogP contribution in [0, 0.1) is 0 Å². The van der Waals surface area contributed by atoms with Gasteiger partial charge in [-0.2, -0.15) is 0 Å². The standard InChI is InChI=1S/C13H10BrNO4S/c14-9-5-7-10(8-6-9)20(18,19)15-12-4-2-1-3-11(12)13(16)17/h1-8,15H,(H,16,17). The molecule has 20 heavy (non-hydrogen) atoms. The predicted molar refractivity (Wildman–Crippen MR) is 78.4 cm³/mol. The number of sulfonamides is 1. The molecule has 0 atom stereocenters. The summed E-state index contributed by atoms with van der Waals surface area (Å²) in [6.45, 7) is 0. The van der Waals surface area contributed by atoms with Crippen LogP contribution < -0.4 is 4.72 Å². The van der Waals surface area contributed by atoms with E-state index in [9.17, 15) is 13.2 Å². The second-order valence-corrected chi connectivity index (χ2v) is 6.51. The van der Waals surface area contributed by atoms with Crippen LogP contribution in [0.1, 0.15) is 10.4 Å². The molecule has 0 aliphatic heterocycles. The number of carboxylic acid groups (broad SMARTS) is 1. The summed E-state index contributed by atoms with van der Waals surface area (Å²) in [7, 11) is -3.82. The van der Waals surface area contributed by atoms with Crippen molar-refractivity contribution < 1.29 is 18.3 Å². The summed E-state index contributed by atoms with van der Waals surface area (Å²) >= 11 is 3.22. The van der Waals surface area contributed by atoms with Crippen molar-refractivity contribution >= 4 is 37.6 Å². The summed E-state index contributed by atoms with van der Waals surface area (Å²) in [6, 6.07) is 11.9. The first-order chi connectivity index (χ1) is 9.40. The van der Waals surface area contributed by atoms with Crippen molar-refractivity contribution in [2.75, 3.05) is 4.72 Å². The molecular weight excluding hydrogens is 346 g/mol. The van der Waals surface area contributed by atoms with Crippen molar-refractivity contribution in [3.05, 3.63) is 58.6 Å². The Morgan fingerprint density at radius 1 is 1.05 bits per heavy atom. The maximum absolute atomic E-state index is 12.2. The van der Waals surface area contributed by atoms with E-state index in [0.29, 0.717) is 0 Å². The van der Waals surface area contributed by atoms with Crippen molar-refractivity contribution in [2.45, 2.75) is 4.90 Å². The number of rotatable bonds is 4. The lowest BCUT2D eigenvalue weighted by molar-refractivity contribution is 0.0698. The highest BCUT2D eigenvalue weighted by atomic mass is 79.9. The molecule has 0 aliphatic rings. The van der Waals surface area contributed by atoms with Crippen LogP contribution >= 0.6 is 15.9 Å². The Labute approximate surface area is 124 Å². The third-order valence-corrected chi connectivity index (χ3v) is 4.44. The fourth-order valence-corrected chi connectivity index (χ4v) is 2.92. The van der Waals surface area contributed by atoms with Gasteiger partial charge in [-0.05, 0) is 36.4 Å². The lowest BCUT2D eigenvalue weighted by Gasteiger charge is -2.10. The van der Waals surface area contributed by atoms with Crippen LogP contribution in [0.4, 0.5) is 5.69 Å². The molecule has 0 aliphatic carbocycles. The highest BCUT2D eigenvalue weighted by molar-refractivity contribution is 9.10. The van der Waals surface area contributed by atoms with E-state index in [2.05, 4.69) is 20.7 Å². The molecule has 0 unspecified atom stereocenters. The SMILES string of the molecule is O=C(O)c1ccccc1NS(=O)(=O)c1ccc(Br)cc1. The lowest BCUT2D eigenvalue weighted by atomic mass is 10.2. The van der Waals surface area contributed by atoms with Gasteiger partial charge in [0.2, 0.25) is 0 Å². The number of anilines is 1. The van der Waals surface area contributed by atoms with Gasteiger partial charge in [-0.15, -0.1) is 0 Å². The first kappa shape index (κ1) is 14.5. The highest BCUT2D eigenvalue weighted by Crippen LogP contribution is 2.21. The molecule has 0 heterocycles. The van der Waals surface area contributed by atoms with Gasteiger partial charge in [0, 0.05) is 4.47 Å². The van der Waals surface area contributed by atoms with E-state index < -0.39 is 16.0 Å². The second-order valence-electron chi connectivity index (χ2n) is 3.91. The number of carbonyl (C=O) groups is 1. The number of hydrogen-bond acceptors (Lipinski definition) is 3. The van der Waals surface area contributed by atoms with Crippen LogP contribution in [0.15, 0.2) is 57.9 Å². The van der Waals surface area contributed by atoms with Gasteiger partial charge >= 0.3 is 5.97 Å². The molecule has 104 valence electrons. The van der Waals surface area contributed by atoms with E-state index in [4.69, 9.17) is 5.11 Å². The van der Waals surface area contributed by atoms with Gasteiger partial charge in [0.25, 0.3) is 10.0 Å². The molecule has 5 nitrogen and oxygen atoms in total. The molecule has 2 aromatic carbocycles. The Hall–Kier alpha value is -1.86. The van der Waals surface area contributed by atoms with Crippen LogP contribution in [0.3, 0.4) is 0 Å². The van der Waals surface area contributed by atoms with Crippen LogP contribution in [0.5, 0.6) is 0 Å². The summed E-state index contributed by atoms with van der Waals surface area (Å²) in [5.41, 5.74) is -0.0731. The first-order valence-corrected chi connectivity index (χ1v) is 7.78. The smallest absolute Gasteiger partial charge is 0.337 e. The Morgan fingerprint density at radius 2 is 1.65 bits per heavy atom. The van der Waals surface area contributed by atoms with Gasteiger partial charge in [0.1, 0.15) is 0 Å². The number of carboxylic acids is 1. The van der Waals surface area contributed by atoms with E-state index in [1.165, 1.54) is 30.3 Å². The number of aromatic carboxylic acids is 1. The summed E-state index contributed by atoms with van der Waals surface area (Å²) in [5.74, 6) is -1.20. The Bertz CT molecular complexity index is 741. The molecule has 0 bridgehead atoms. The minimum absolute atomic E-state index is 0.0305. The van der Waals surface area contributed by atoms with Gasteiger partial charge in [-0.25, -0.2) is 13.2 Å². The summed E-state index contributed by atoms with van der Waals surface area (Å²) in [6.07, 6.45) is 0. The van der Waals surface area contributed by atoms with Gasteiger partial charge in [0.15, 0.2) is 0 Å². The van der Waals surface area contributed by atoms with E-state index in [1.54, 1.807) is 18.2 Å². The highest BCUT2D eigenvalue weighted by Gasteiger charge is 2.17. The molecule has 0 saturated carbocycles. The third-order valence-electron chi connectivity index (χ3n) is 2.53. The number of benzene rings is 2. The zero-order valence-electron chi connectivity index (χ0n) is 10.1. The molecule has 0 spiro atoms. The van der Waals surface area contributed by atoms with Crippen molar-refractivity contribution in [1.29, 1.82) is 0 Å². The van der Waals surface area contributed by atoms with Gasteiger partial charge in [0.05, 0.1) is 16.1 Å². The van der Waals surface area contributed by atoms with Gasteiger partial charge < -0.3 is 5.11 Å². The molecule has 0 aromatic heterocycles. The topological polar surface area (TPSA) is 83.5 Å². The van der Waals surface area contributed by atoms with Gasteiger partial charge in [-0.3, -0.25) is 4.72 Å². The van der Waals surface area contributed by atoms with Crippen LogP contribution in [-0.4, -0.2) is 19.5 Å². The zero-order chi connectivity index (χ0) is 14.8. The molecule has 0 saturated heterocycles. The molecule has 7 heteroatoms. The predicted octanol–water partition coefficient (Wildman–Crippen LogP) is 2.95. The molecule has 2 rings (SSSR count). The quantitative estimate of drug-likeness (QED) is 0.882. The second kappa shape index (κ2) is 5.64. The summed E-state index contributed by atoms with van der Waals surface area (Å²) in [4.78, 5) is 11.1. The maximum Gasteiger partial charge on any atom is 0.337 e. The number of para-hydroxylation sites is 1. The van der Waals surface area contributed by atoms with Crippen molar-refractivity contribution in [3.63, 3.8) is 0 Å². The fourth-order valence-electron chi connectivity index (χ4n) is 1.58. The minimum Gasteiger partial charge on any atom is -0.478 e. The van der Waals surface area contributed by atoms with E-state index in [0.717, 1.165) is 4.47 Å². The van der Waals surface area contributed by atoms with Crippen LogP contribution in [0.25, 0.3) is 0 Å². The molecule has 0 radical (unpaired) electrons. The Kier molecular flexibility index (Phi) is 4.10. The average molecular weight is 356 g/mol. The molecule has 2 N–H and O–H groups in total. The number of hydrogen-bond donors (Lipinski definition) is 2. The summed E-state index contributed by atoms with van der Waals surface area (Å²) in [5, 5.41) is 9.03.